The molecule has 0 fully saturated rings. The van der Waals surface area contributed by atoms with Gasteiger partial charge >= 0.3 is 0 Å². The number of hydrogen-bond acceptors (Lipinski definition) is 3. The van der Waals surface area contributed by atoms with E-state index in [4.69, 9.17) is 4.74 Å². The molecule has 6 heteroatoms. The van der Waals surface area contributed by atoms with Gasteiger partial charge in [-0.2, -0.15) is 5.10 Å². The third-order valence-electron chi connectivity index (χ3n) is 2.67. The lowest BCUT2D eigenvalue weighted by Crippen LogP contribution is -2.09. The molecule has 0 radical (unpaired) electrons. The summed E-state index contributed by atoms with van der Waals surface area (Å²) in [4.78, 5) is 4.13. The predicted molar refractivity (Wildman–Crippen MR) is 73.7 cm³/mol. The summed E-state index contributed by atoms with van der Waals surface area (Å²) >= 11 is 3.32. The Kier molecular flexibility index (Phi) is 4.90. The highest BCUT2D eigenvalue weighted by Crippen LogP contribution is 2.25. The summed E-state index contributed by atoms with van der Waals surface area (Å²) < 4.78 is 21.1. The maximum Gasteiger partial charge on any atom is 0.165 e. The van der Waals surface area contributed by atoms with Crippen molar-refractivity contribution < 1.29 is 9.13 Å². The van der Waals surface area contributed by atoms with E-state index in [-0.39, 0.29) is 18.2 Å². The van der Waals surface area contributed by atoms with E-state index in [1.54, 1.807) is 10.7 Å². The predicted octanol–water partition coefficient (Wildman–Crippen LogP) is 3.30. The minimum atomic E-state index is -0.362. The third kappa shape index (κ3) is 3.32. The molecule has 0 saturated carbocycles. The van der Waals surface area contributed by atoms with Crippen LogP contribution in [0.3, 0.4) is 0 Å². The molecule has 0 aliphatic carbocycles. The van der Waals surface area contributed by atoms with Crippen LogP contribution in [-0.4, -0.2) is 14.8 Å². The van der Waals surface area contributed by atoms with Crippen molar-refractivity contribution in [3.8, 4) is 5.75 Å². The lowest BCUT2D eigenvalue weighted by molar-refractivity contribution is 0.270. The smallest absolute Gasteiger partial charge is 0.165 e. The maximum atomic E-state index is 13.7. The highest BCUT2D eigenvalue weighted by atomic mass is 79.9. The molecule has 1 aromatic heterocycles. The summed E-state index contributed by atoms with van der Waals surface area (Å²) in [6.07, 6.45) is 2.45. The summed E-state index contributed by atoms with van der Waals surface area (Å²) in [5, 5.41) is 4.65. The molecule has 1 aromatic carbocycles. The first-order chi connectivity index (χ1) is 9.26. The van der Waals surface area contributed by atoms with Gasteiger partial charge in [-0.1, -0.05) is 35.0 Å². The quantitative estimate of drug-likeness (QED) is 0.764. The van der Waals surface area contributed by atoms with Crippen LogP contribution in [0.5, 0.6) is 5.75 Å². The van der Waals surface area contributed by atoms with E-state index in [9.17, 15) is 4.39 Å². The molecular formula is C13H15BrFN3O. The van der Waals surface area contributed by atoms with Gasteiger partial charge in [-0.25, -0.2) is 14.1 Å². The molecule has 0 aliphatic rings. The normalized spacial score (nSPS) is 10.7. The highest BCUT2D eigenvalue weighted by molar-refractivity contribution is 9.08. The van der Waals surface area contributed by atoms with Crippen molar-refractivity contribution in [1.82, 2.24) is 14.8 Å². The first-order valence-corrected chi connectivity index (χ1v) is 7.21. The Balaban J connectivity index is 2.12. The van der Waals surface area contributed by atoms with E-state index in [1.165, 1.54) is 12.4 Å². The number of halogens is 2. The van der Waals surface area contributed by atoms with Gasteiger partial charge in [0.25, 0.3) is 0 Å². The number of ether oxygens (including phenoxy) is 1. The Morgan fingerprint density at radius 2 is 2.26 bits per heavy atom. The van der Waals surface area contributed by atoms with Crippen LogP contribution >= 0.6 is 15.9 Å². The number of aryl methyl sites for hydroxylation is 1. The Labute approximate surface area is 119 Å². The number of para-hydroxylation sites is 1. The van der Waals surface area contributed by atoms with Gasteiger partial charge in [0, 0.05) is 17.4 Å². The summed E-state index contributed by atoms with van der Waals surface area (Å²) in [6, 6.07) is 4.88. The van der Waals surface area contributed by atoms with Crippen molar-refractivity contribution in [3.05, 3.63) is 41.7 Å². The van der Waals surface area contributed by atoms with Gasteiger partial charge in [0.2, 0.25) is 0 Å². The fourth-order valence-corrected chi connectivity index (χ4v) is 2.20. The second kappa shape index (κ2) is 6.65. The van der Waals surface area contributed by atoms with Gasteiger partial charge in [0.05, 0.1) is 0 Å². The second-order valence-electron chi connectivity index (χ2n) is 4.05. The molecule has 2 rings (SSSR count). The molecule has 102 valence electrons. The molecule has 0 saturated heterocycles. The van der Waals surface area contributed by atoms with Crippen LogP contribution in [0, 0.1) is 5.82 Å². The summed E-state index contributed by atoms with van der Waals surface area (Å²) in [5.41, 5.74) is 0.779. The number of hydrogen-bond donors (Lipinski definition) is 0. The van der Waals surface area contributed by atoms with E-state index in [0.29, 0.717) is 11.2 Å². The second-order valence-corrected chi connectivity index (χ2v) is 4.61. The molecule has 4 nitrogen and oxygen atoms in total. The van der Waals surface area contributed by atoms with Crippen LogP contribution in [-0.2, 0) is 18.5 Å². The van der Waals surface area contributed by atoms with E-state index in [1.807, 2.05) is 6.07 Å². The Bertz CT molecular complexity index is 544. The number of rotatable bonds is 6. The summed E-state index contributed by atoms with van der Waals surface area (Å²) in [5.74, 6) is 0.606. The molecule has 0 atom stereocenters. The molecular weight excluding hydrogens is 313 g/mol. The monoisotopic (exact) mass is 327 g/mol. The van der Waals surface area contributed by atoms with Crippen molar-refractivity contribution >= 4 is 15.9 Å². The highest BCUT2D eigenvalue weighted by Gasteiger charge is 2.11. The SMILES string of the molecule is CCCn1ncnc1COc1c(F)cccc1CBr. The van der Waals surface area contributed by atoms with Gasteiger partial charge in [-0.3, -0.25) is 0 Å². The van der Waals surface area contributed by atoms with Gasteiger partial charge in [-0.15, -0.1) is 0 Å². The number of nitrogens with zero attached hydrogens (tertiary/aromatic N) is 3. The minimum Gasteiger partial charge on any atom is -0.482 e. The molecule has 0 amide bonds. The fourth-order valence-electron chi connectivity index (χ4n) is 1.76. The Morgan fingerprint density at radius 3 is 3.00 bits per heavy atom. The minimum absolute atomic E-state index is 0.209. The van der Waals surface area contributed by atoms with Gasteiger partial charge in [0.15, 0.2) is 17.4 Å². The van der Waals surface area contributed by atoms with Crippen LogP contribution in [0.2, 0.25) is 0 Å². The Morgan fingerprint density at radius 1 is 1.42 bits per heavy atom. The molecule has 2 aromatic rings. The molecule has 19 heavy (non-hydrogen) atoms. The number of alkyl halides is 1. The number of benzene rings is 1. The zero-order valence-electron chi connectivity index (χ0n) is 10.6. The van der Waals surface area contributed by atoms with E-state index in [0.717, 1.165) is 18.5 Å². The van der Waals surface area contributed by atoms with Crippen LogP contribution in [0.15, 0.2) is 24.5 Å². The van der Waals surface area contributed by atoms with Crippen molar-refractivity contribution in [2.24, 2.45) is 0 Å². The van der Waals surface area contributed by atoms with E-state index < -0.39 is 0 Å². The summed E-state index contributed by atoms with van der Waals surface area (Å²) in [7, 11) is 0. The first-order valence-electron chi connectivity index (χ1n) is 6.09. The molecule has 0 bridgehead atoms. The average molecular weight is 328 g/mol. The van der Waals surface area contributed by atoms with Crippen LogP contribution in [0.4, 0.5) is 4.39 Å². The largest absolute Gasteiger partial charge is 0.482 e. The van der Waals surface area contributed by atoms with Crippen LogP contribution in [0.1, 0.15) is 24.7 Å². The lowest BCUT2D eigenvalue weighted by atomic mass is 10.2. The lowest BCUT2D eigenvalue weighted by Gasteiger charge is -2.11. The molecule has 1 heterocycles. The molecule has 0 aliphatic heterocycles. The van der Waals surface area contributed by atoms with Crippen LogP contribution < -0.4 is 4.74 Å². The fraction of sp³-hybridized carbons (Fsp3) is 0.385. The van der Waals surface area contributed by atoms with E-state index in [2.05, 4.69) is 32.9 Å². The van der Waals surface area contributed by atoms with E-state index >= 15 is 0 Å². The zero-order chi connectivity index (χ0) is 13.7. The molecule has 0 N–H and O–H groups in total. The zero-order valence-corrected chi connectivity index (χ0v) is 12.2. The number of aromatic nitrogens is 3. The standard InChI is InChI=1S/C13H15BrFN3O/c1-2-6-18-12(16-9-17-18)8-19-13-10(7-14)4-3-5-11(13)15/h3-5,9H,2,6-8H2,1H3. The van der Waals surface area contributed by atoms with Gasteiger partial charge < -0.3 is 4.74 Å². The first kappa shape index (κ1) is 14.0. The van der Waals surface area contributed by atoms with Crippen molar-refractivity contribution in [2.45, 2.75) is 31.8 Å². The summed E-state index contributed by atoms with van der Waals surface area (Å²) in [6.45, 7) is 3.05. The van der Waals surface area contributed by atoms with Crippen molar-refractivity contribution in [1.29, 1.82) is 0 Å². The average Bonchev–Trinajstić information content (AvgIpc) is 2.85. The topological polar surface area (TPSA) is 39.9 Å². The van der Waals surface area contributed by atoms with Gasteiger partial charge in [-0.05, 0) is 12.5 Å². The van der Waals surface area contributed by atoms with Crippen LogP contribution in [0.25, 0.3) is 0 Å². The van der Waals surface area contributed by atoms with Crippen molar-refractivity contribution in [2.75, 3.05) is 0 Å². The van der Waals surface area contributed by atoms with Gasteiger partial charge in [0.1, 0.15) is 12.9 Å². The molecule has 0 spiro atoms. The molecule has 0 unspecified atom stereocenters. The maximum absolute atomic E-state index is 13.7. The third-order valence-corrected chi connectivity index (χ3v) is 3.27. The van der Waals surface area contributed by atoms with Crippen molar-refractivity contribution in [3.63, 3.8) is 0 Å². The Hall–Kier alpha value is -1.43.